The number of aromatic nitrogens is 3. The Kier molecular flexibility index (Phi) is 12.6. The molecule has 2 aliphatic heterocycles. The van der Waals surface area contributed by atoms with E-state index in [1.807, 2.05) is 11.3 Å². The number of para-hydroxylation sites is 3. The van der Waals surface area contributed by atoms with Crippen molar-refractivity contribution in [2.75, 3.05) is 4.90 Å². The minimum atomic E-state index is -0.125. The first-order valence-corrected chi connectivity index (χ1v) is 36.3. The molecular formula is C88H75BN4SSe. The van der Waals surface area contributed by atoms with Crippen molar-refractivity contribution in [2.24, 2.45) is 0 Å². The first-order chi connectivity index (χ1) is 45.7. The summed E-state index contributed by atoms with van der Waals surface area (Å²) >= 11 is 1.85. The number of fused-ring (bicyclic) bond motifs is 17. The van der Waals surface area contributed by atoms with Crippen molar-refractivity contribution in [3.63, 3.8) is 0 Å². The molecule has 95 heavy (non-hydrogen) atoms. The molecule has 0 atom stereocenters. The number of hydrogen-bond acceptors (Lipinski definition) is 2. The van der Waals surface area contributed by atoms with E-state index in [9.17, 15) is 0 Å². The zero-order valence-corrected chi connectivity index (χ0v) is 58.7. The van der Waals surface area contributed by atoms with Crippen molar-refractivity contribution in [1.82, 2.24) is 13.7 Å². The second-order valence-electron chi connectivity index (χ2n) is 31.0. The van der Waals surface area contributed by atoms with Crippen molar-refractivity contribution in [1.29, 1.82) is 0 Å². The van der Waals surface area contributed by atoms with Crippen molar-refractivity contribution in [2.45, 2.75) is 105 Å². The van der Waals surface area contributed by atoms with Crippen LogP contribution in [0.3, 0.4) is 0 Å². The Balaban J connectivity index is 0.988. The zero-order chi connectivity index (χ0) is 64.9. The zero-order valence-electron chi connectivity index (χ0n) is 56.2. The van der Waals surface area contributed by atoms with Crippen LogP contribution in [0.2, 0.25) is 0 Å². The molecule has 0 bridgehead atoms. The van der Waals surface area contributed by atoms with Gasteiger partial charge in [0.2, 0.25) is 0 Å². The van der Waals surface area contributed by atoms with Crippen LogP contribution in [0.5, 0.6) is 0 Å². The van der Waals surface area contributed by atoms with E-state index in [0.717, 1.165) is 5.69 Å². The van der Waals surface area contributed by atoms with Gasteiger partial charge < -0.3 is 0 Å². The second kappa shape index (κ2) is 20.6. The molecule has 7 heteroatoms. The maximum absolute atomic E-state index is 2.71. The van der Waals surface area contributed by atoms with Crippen LogP contribution in [-0.2, 0) is 21.7 Å². The molecule has 0 amide bonds. The van der Waals surface area contributed by atoms with E-state index < -0.39 is 0 Å². The van der Waals surface area contributed by atoms with Gasteiger partial charge in [-0.3, -0.25) is 0 Å². The van der Waals surface area contributed by atoms with Gasteiger partial charge in [-0.15, -0.1) is 0 Å². The molecule has 0 spiro atoms. The van der Waals surface area contributed by atoms with Gasteiger partial charge in [-0.1, -0.05) is 41.5 Å². The number of rotatable bonds is 5. The Morgan fingerprint density at radius 3 is 1.34 bits per heavy atom. The van der Waals surface area contributed by atoms with Crippen molar-refractivity contribution >= 4 is 161 Å². The molecule has 2 aliphatic rings. The van der Waals surface area contributed by atoms with Gasteiger partial charge in [-0.25, -0.2) is 0 Å². The van der Waals surface area contributed by atoms with Crippen LogP contribution in [0, 0.1) is 0 Å². The van der Waals surface area contributed by atoms with Crippen molar-refractivity contribution < 1.29 is 0 Å². The normalized spacial score (nSPS) is 13.6. The van der Waals surface area contributed by atoms with Crippen LogP contribution in [-0.4, -0.2) is 35.4 Å². The molecule has 462 valence electrons. The average Bonchev–Trinajstić information content (AvgIpc) is 1.68. The average molecular weight is 1310 g/mol. The maximum atomic E-state index is 2.71. The Morgan fingerprint density at radius 1 is 0.326 bits per heavy atom. The molecule has 6 heterocycles. The van der Waals surface area contributed by atoms with E-state index in [2.05, 4.69) is 338 Å². The number of hydrogen-bond donors (Lipinski definition) is 0. The molecule has 0 saturated carbocycles. The van der Waals surface area contributed by atoms with E-state index in [4.69, 9.17) is 0 Å². The molecule has 12 aromatic carbocycles. The van der Waals surface area contributed by atoms with E-state index in [1.54, 1.807) is 0 Å². The Morgan fingerprint density at radius 2 is 0.779 bits per heavy atom. The molecule has 0 fully saturated rings. The molecule has 18 rings (SSSR count). The summed E-state index contributed by atoms with van der Waals surface area (Å²) in [5.41, 5.74) is 26.3. The Bertz CT molecular complexity index is 5750. The number of thiophene rings is 1. The van der Waals surface area contributed by atoms with Gasteiger partial charge in [0.25, 0.3) is 0 Å². The molecular weight excluding hydrogens is 1230 g/mol. The topological polar surface area (TPSA) is 18.0 Å². The molecule has 0 unspecified atom stereocenters. The van der Waals surface area contributed by atoms with Gasteiger partial charge in [-0.2, -0.15) is 0 Å². The first kappa shape index (κ1) is 58.2. The third-order valence-corrected chi connectivity index (χ3v) is 24.5. The van der Waals surface area contributed by atoms with E-state index in [0.29, 0.717) is 0 Å². The number of benzene rings is 12. The summed E-state index contributed by atoms with van der Waals surface area (Å²) in [5.74, 6) is 0. The molecule has 0 radical (unpaired) electrons. The standard InChI is InChI=1S/C88H75BN4SSe/c1-85(2,3)53-34-40-71-63(44-53)64-45-54(86(4,5)6)35-41-72(64)90(71)57-38-39-67-79(49-57)95-80-50-58(91-69-31-21-17-27-60(69)61-28-18-22-32-70(61)91)48-76-82(80)89(67)83-77(93(76)68-30-20-16-26-59(68)52-24-14-13-15-25-52)51-75(81-62-29-19-23-33-78(62)94-84(81)83)92-73-42-36-55(87(7,8)9)46-65(73)66-47-56(88(10,11)12)37-43-74(66)92/h13-51H,1-12H3. The van der Waals surface area contributed by atoms with Crippen molar-refractivity contribution in [3.8, 4) is 28.2 Å². The van der Waals surface area contributed by atoms with Crippen LogP contribution in [0.1, 0.15) is 105 Å². The molecule has 0 N–H and O–H groups in total. The van der Waals surface area contributed by atoms with E-state index >= 15 is 0 Å². The van der Waals surface area contributed by atoms with Gasteiger partial charge in [0.1, 0.15) is 0 Å². The quantitative estimate of drug-likeness (QED) is 0.157. The summed E-state index contributed by atoms with van der Waals surface area (Å²) in [4.78, 5) is 2.71. The summed E-state index contributed by atoms with van der Waals surface area (Å²) in [6, 6.07) is 92.1. The number of nitrogens with zero attached hydrogens (tertiary/aromatic N) is 4. The minimum absolute atomic E-state index is 0.00519. The Labute approximate surface area is 567 Å². The molecule has 0 aliphatic carbocycles. The monoisotopic (exact) mass is 1310 g/mol. The summed E-state index contributed by atoms with van der Waals surface area (Å²) in [6.07, 6.45) is 0. The fourth-order valence-corrected chi connectivity index (χ4v) is 19.8. The summed E-state index contributed by atoms with van der Waals surface area (Å²) in [7, 11) is 0. The van der Waals surface area contributed by atoms with E-state index in [-0.39, 0.29) is 43.3 Å². The molecule has 0 saturated heterocycles. The third kappa shape index (κ3) is 8.85. The predicted molar refractivity (Wildman–Crippen MR) is 413 cm³/mol. The van der Waals surface area contributed by atoms with Gasteiger partial charge in [-0.05, 0) is 10.8 Å². The van der Waals surface area contributed by atoms with Gasteiger partial charge in [0.15, 0.2) is 0 Å². The van der Waals surface area contributed by atoms with Crippen LogP contribution in [0.25, 0.3) is 114 Å². The van der Waals surface area contributed by atoms with Crippen LogP contribution in [0.15, 0.2) is 237 Å². The SMILES string of the molecule is CC(C)(C)c1ccc2c(c1)c1cc(C(C)(C)C)ccc1n2-c1ccc2c(c1)[Se]c1cc(-n3c4ccccc4c4ccccc43)cc3c1B2c1c(cc(-n2c4ccc(C(C)(C)C)cc4c4cc(C(C)(C)C)ccc42)c2c1sc1ccccc12)N3c1ccccc1-c1ccccc1. The first-order valence-electron chi connectivity index (χ1n) is 33.8. The van der Waals surface area contributed by atoms with Gasteiger partial charge in [0.05, 0.1) is 0 Å². The second-order valence-corrected chi connectivity index (χ2v) is 34.3. The Hall–Kier alpha value is -9.36. The van der Waals surface area contributed by atoms with Crippen LogP contribution in [0.4, 0.5) is 17.1 Å². The van der Waals surface area contributed by atoms with Gasteiger partial charge in [0, 0.05) is 0 Å². The predicted octanol–water partition coefficient (Wildman–Crippen LogP) is 20.5. The summed E-state index contributed by atoms with van der Waals surface area (Å²) in [6.45, 7) is 28.0. The van der Waals surface area contributed by atoms with E-state index in [1.165, 1.54) is 173 Å². The van der Waals surface area contributed by atoms with Crippen LogP contribution < -0.4 is 30.2 Å². The summed E-state index contributed by atoms with van der Waals surface area (Å²) < 4.78 is 13.2. The molecule has 4 nitrogen and oxygen atoms in total. The number of anilines is 3. The van der Waals surface area contributed by atoms with Gasteiger partial charge >= 0.3 is 519 Å². The molecule has 16 aromatic rings. The van der Waals surface area contributed by atoms with Crippen molar-refractivity contribution in [3.05, 3.63) is 259 Å². The summed E-state index contributed by atoms with van der Waals surface area (Å²) in [5, 5.41) is 10.3. The molecule has 4 aromatic heterocycles. The third-order valence-electron chi connectivity index (χ3n) is 20.9. The van der Waals surface area contributed by atoms with Crippen LogP contribution >= 0.6 is 11.3 Å². The fraction of sp³-hybridized carbons (Fsp3) is 0.182. The fourth-order valence-electron chi connectivity index (χ4n) is 15.9.